The highest BCUT2D eigenvalue weighted by Gasteiger charge is 2.24. The van der Waals surface area contributed by atoms with Gasteiger partial charge in [0.15, 0.2) is 11.5 Å². The van der Waals surface area contributed by atoms with Crippen molar-refractivity contribution in [3.05, 3.63) is 16.7 Å². The first-order chi connectivity index (χ1) is 7.61. The average Bonchev–Trinajstić information content (AvgIpc) is 2.44. The summed E-state index contributed by atoms with van der Waals surface area (Å²) in [5.41, 5.74) is 0.282. The van der Waals surface area contributed by atoms with E-state index in [1.54, 1.807) is 6.92 Å². The minimum atomic E-state index is -0.867. The van der Waals surface area contributed by atoms with E-state index in [9.17, 15) is 10.2 Å². The molecular formula is C11H13ClO4. The monoisotopic (exact) mass is 244 g/mol. The maximum absolute atomic E-state index is 9.79. The first kappa shape index (κ1) is 11.4. The molecule has 2 N–H and O–H groups in total. The van der Waals surface area contributed by atoms with Crippen LogP contribution in [0.3, 0.4) is 0 Å². The van der Waals surface area contributed by atoms with Crippen LogP contribution < -0.4 is 9.47 Å². The fourth-order valence-electron chi connectivity index (χ4n) is 1.68. The number of halogens is 1. The largest absolute Gasteiger partial charge is 0.506 e. The van der Waals surface area contributed by atoms with E-state index in [-0.39, 0.29) is 16.3 Å². The Hall–Kier alpha value is -1.13. The van der Waals surface area contributed by atoms with Gasteiger partial charge in [0, 0.05) is 12.5 Å². The Morgan fingerprint density at radius 3 is 2.75 bits per heavy atom. The second-order valence-corrected chi connectivity index (χ2v) is 4.08. The second kappa shape index (κ2) is 4.39. The normalized spacial score (nSPS) is 16.7. The molecule has 88 valence electrons. The average molecular weight is 245 g/mol. The Balaban J connectivity index is 2.60. The topological polar surface area (TPSA) is 58.9 Å². The molecule has 0 radical (unpaired) electrons. The first-order valence-electron chi connectivity index (χ1n) is 5.10. The lowest BCUT2D eigenvalue weighted by Gasteiger charge is -2.16. The minimum Gasteiger partial charge on any atom is -0.506 e. The van der Waals surface area contributed by atoms with Gasteiger partial charge in [-0.3, -0.25) is 0 Å². The molecule has 1 heterocycles. The quantitative estimate of drug-likeness (QED) is 0.796. The maximum Gasteiger partial charge on any atom is 0.170 e. The Labute approximate surface area is 98.4 Å². The zero-order valence-corrected chi connectivity index (χ0v) is 9.62. The van der Waals surface area contributed by atoms with Crippen molar-refractivity contribution in [1.29, 1.82) is 0 Å². The summed E-state index contributed by atoms with van der Waals surface area (Å²) in [6.45, 7) is 2.57. The number of phenols is 1. The zero-order chi connectivity index (χ0) is 11.7. The molecule has 0 saturated heterocycles. The Kier molecular flexibility index (Phi) is 3.12. The number of aromatic hydroxyl groups is 1. The molecular weight excluding hydrogens is 232 g/mol. The van der Waals surface area contributed by atoms with Gasteiger partial charge in [0.2, 0.25) is 0 Å². The van der Waals surface area contributed by atoms with Gasteiger partial charge in [0.1, 0.15) is 5.75 Å². The standard InChI is InChI=1S/C11H13ClO4/c1-6(13)9-10(14)7(12)5-8-11(9)16-4-2-3-15-8/h5-6,13-14H,2-4H2,1H3. The fraction of sp³-hybridized carbons (Fsp3) is 0.455. The number of fused-ring (bicyclic) bond motifs is 1. The minimum absolute atomic E-state index is 0.152. The fourth-order valence-corrected chi connectivity index (χ4v) is 1.88. The van der Waals surface area contributed by atoms with E-state index >= 15 is 0 Å². The van der Waals surface area contributed by atoms with Crippen molar-refractivity contribution in [3.63, 3.8) is 0 Å². The second-order valence-electron chi connectivity index (χ2n) is 3.67. The van der Waals surface area contributed by atoms with Crippen molar-refractivity contribution in [2.45, 2.75) is 19.4 Å². The Morgan fingerprint density at radius 2 is 2.06 bits per heavy atom. The summed E-state index contributed by atoms with van der Waals surface area (Å²) in [4.78, 5) is 0. The first-order valence-corrected chi connectivity index (χ1v) is 5.48. The van der Waals surface area contributed by atoms with Gasteiger partial charge in [-0.2, -0.15) is 0 Å². The summed E-state index contributed by atoms with van der Waals surface area (Å²) in [5, 5.41) is 19.6. The van der Waals surface area contributed by atoms with Crippen LogP contribution in [0.4, 0.5) is 0 Å². The number of aliphatic hydroxyl groups is 1. The lowest BCUT2D eigenvalue weighted by molar-refractivity contribution is 0.187. The molecule has 0 spiro atoms. The molecule has 16 heavy (non-hydrogen) atoms. The Morgan fingerprint density at radius 1 is 1.38 bits per heavy atom. The highest BCUT2D eigenvalue weighted by molar-refractivity contribution is 6.32. The van der Waals surface area contributed by atoms with Crippen molar-refractivity contribution < 1.29 is 19.7 Å². The van der Waals surface area contributed by atoms with Crippen LogP contribution in [0.2, 0.25) is 5.02 Å². The summed E-state index contributed by atoms with van der Waals surface area (Å²) in [5.74, 6) is 0.700. The molecule has 1 aromatic rings. The van der Waals surface area contributed by atoms with E-state index < -0.39 is 6.10 Å². The van der Waals surface area contributed by atoms with Gasteiger partial charge in [-0.1, -0.05) is 11.6 Å². The van der Waals surface area contributed by atoms with Crippen LogP contribution in [0.15, 0.2) is 6.07 Å². The summed E-state index contributed by atoms with van der Waals surface area (Å²) < 4.78 is 10.9. The number of hydrogen-bond donors (Lipinski definition) is 2. The summed E-state index contributed by atoms with van der Waals surface area (Å²) in [7, 11) is 0. The van der Waals surface area contributed by atoms with Crippen LogP contribution in [0.5, 0.6) is 17.2 Å². The lowest BCUT2D eigenvalue weighted by atomic mass is 10.1. The van der Waals surface area contributed by atoms with E-state index in [2.05, 4.69) is 0 Å². The van der Waals surface area contributed by atoms with Crippen LogP contribution in [-0.2, 0) is 0 Å². The molecule has 1 aromatic carbocycles. The van der Waals surface area contributed by atoms with Crippen molar-refractivity contribution in [1.82, 2.24) is 0 Å². The van der Waals surface area contributed by atoms with E-state index in [1.165, 1.54) is 6.07 Å². The van der Waals surface area contributed by atoms with Gasteiger partial charge < -0.3 is 19.7 Å². The van der Waals surface area contributed by atoms with Gasteiger partial charge in [0.05, 0.1) is 29.9 Å². The molecule has 0 amide bonds. The molecule has 1 aliphatic heterocycles. The smallest absolute Gasteiger partial charge is 0.170 e. The molecule has 1 aliphatic rings. The van der Waals surface area contributed by atoms with Gasteiger partial charge in [-0.25, -0.2) is 0 Å². The third-order valence-electron chi connectivity index (χ3n) is 2.42. The molecule has 0 aromatic heterocycles. The number of rotatable bonds is 1. The lowest BCUT2D eigenvalue weighted by Crippen LogP contribution is -2.01. The maximum atomic E-state index is 9.79. The Bertz CT molecular complexity index is 403. The van der Waals surface area contributed by atoms with Gasteiger partial charge in [0.25, 0.3) is 0 Å². The third-order valence-corrected chi connectivity index (χ3v) is 2.71. The van der Waals surface area contributed by atoms with Crippen molar-refractivity contribution in [3.8, 4) is 17.2 Å². The summed E-state index contributed by atoms with van der Waals surface area (Å²) in [6.07, 6.45) is -0.110. The van der Waals surface area contributed by atoms with Crippen molar-refractivity contribution in [2.75, 3.05) is 13.2 Å². The van der Waals surface area contributed by atoms with Gasteiger partial charge in [-0.05, 0) is 6.92 Å². The SMILES string of the molecule is CC(O)c1c(O)c(Cl)cc2c1OCCCO2. The van der Waals surface area contributed by atoms with Gasteiger partial charge >= 0.3 is 0 Å². The van der Waals surface area contributed by atoms with Crippen LogP contribution in [0.25, 0.3) is 0 Å². The molecule has 5 heteroatoms. The van der Waals surface area contributed by atoms with Crippen molar-refractivity contribution >= 4 is 11.6 Å². The van der Waals surface area contributed by atoms with Crippen molar-refractivity contribution in [2.24, 2.45) is 0 Å². The number of phenolic OH excluding ortho intramolecular Hbond substituents is 1. The number of ether oxygens (including phenoxy) is 2. The molecule has 0 bridgehead atoms. The molecule has 0 saturated carbocycles. The predicted octanol–water partition coefficient (Wildman–Crippen LogP) is 2.26. The summed E-state index contributed by atoms with van der Waals surface area (Å²) >= 11 is 5.85. The van der Waals surface area contributed by atoms with Crippen LogP contribution in [0, 0.1) is 0 Å². The highest BCUT2D eigenvalue weighted by atomic mass is 35.5. The van der Waals surface area contributed by atoms with E-state index in [0.717, 1.165) is 6.42 Å². The molecule has 1 atom stereocenters. The molecule has 0 fully saturated rings. The summed E-state index contributed by atoms with van der Waals surface area (Å²) in [6, 6.07) is 1.50. The third kappa shape index (κ3) is 1.90. The number of hydrogen-bond acceptors (Lipinski definition) is 4. The van der Waals surface area contributed by atoms with Crippen LogP contribution in [-0.4, -0.2) is 23.4 Å². The van der Waals surface area contributed by atoms with Crippen LogP contribution >= 0.6 is 11.6 Å². The molecule has 4 nitrogen and oxygen atoms in total. The highest BCUT2D eigenvalue weighted by Crippen LogP contribution is 2.46. The van der Waals surface area contributed by atoms with Gasteiger partial charge in [-0.15, -0.1) is 0 Å². The number of benzene rings is 1. The molecule has 2 rings (SSSR count). The van der Waals surface area contributed by atoms with E-state index in [1.807, 2.05) is 0 Å². The molecule has 1 unspecified atom stereocenters. The zero-order valence-electron chi connectivity index (χ0n) is 8.86. The van der Waals surface area contributed by atoms with E-state index in [4.69, 9.17) is 21.1 Å². The van der Waals surface area contributed by atoms with Crippen LogP contribution in [0.1, 0.15) is 25.0 Å². The predicted molar refractivity (Wildman–Crippen MR) is 59.4 cm³/mol. The number of aliphatic hydroxyl groups excluding tert-OH is 1. The molecule has 0 aliphatic carbocycles. The van der Waals surface area contributed by atoms with E-state index in [0.29, 0.717) is 24.7 Å².